The van der Waals surface area contributed by atoms with Crippen LogP contribution in [0.2, 0.25) is 0 Å². The van der Waals surface area contributed by atoms with Gasteiger partial charge in [-0.1, -0.05) is 54.6 Å². The van der Waals surface area contributed by atoms with Crippen LogP contribution in [0.25, 0.3) is 0 Å². The number of nitrogens with one attached hydrogen (secondary N) is 1. The van der Waals surface area contributed by atoms with Crippen LogP contribution in [0.15, 0.2) is 78.9 Å². The molecule has 2 heterocycles. The van der Waals surface area contributed by atoms with Crippen molar-refractivity contribution in [2.45, 2.75) is 44.7 Å². The number of hydrogen-bond acceptors (Lipinski definition) is 2. The van der Waals surface area contributed by atoms with Crippen molar-refractivity contribution in [1.82, 2.24) is 9.80 Å². The maximum absolute atomic E-state index is 13.3. The molecule has 1 fully saturated rings. The first kappa shape index (κ1) is 23.6. The lowest BCUT2D eigenvalue weighted by Crippen LogP contribution is -2.48. The van der Waals surface area contributed by atoms with Gasteiger partial charge in [0.1, 0.15) is 5.82 Å². The van der Waals surface area contributed by atoms with E-state index in [1.165, 1.54) is 29.5 Å². The summed E-state index contributed by atoms with van der Waals surface area (Å²) >= 11 is 0. The molecule has 1 N–H and O–H groups in total. The van der Waals surface area contributed by atoms with E-state index >= 15 is 0 Å². The maximum atomic E-state index is 13.3. The first-order valence-corrected chi connectivity index (χ1v) is 12.8. The Hall–Kier alpha value is -3.18. The van der Waals surface area contributed by atoms with Crippen LogP contribution in [0, 0.1) is 11.7 Å². The summed E-state index contributed by atoms with van der Waals surface area (Å²) in [7, 11) is 0. The van der Waals surface area contributed by atoms with Gasteiger partial charge in [0.2, 0.25) is 0 Å². The summed E-state index contributed by atoms with van der Waals surface area (Å²) in [4.78, 5) is 17.8. The van der Waals surface area contributed by atoms with Gasteiger partial charge in [0.25, 0.3) is 0 Å². The van der Waals surface area contributed by atoms with Crippen molar-refractivity contribution >= 4 is 11.7 Å². The fourth-order valence-corrected chi connectivity index (χ4v) is 5.50. The Morgan fingerprint density at radius 3 is 2.31 bits per heavy atom. The zero-order chi connectivity index (χ0) is 24.0. The Morgan fingerprint density at radius 2 is 1.57 bits per heavy atom. The second-order valence-corrected chi connectivity index (χ2v) is 9.96. The average Bonchev–Trinajstić information content (AvgIpc) is 2.89. The van der Waals surface area contributed by atoms with Crippen molar-refractivity contribution in [3.8, 4) is 0 Å². The minimum absolute atomic E-state index is 0.0197. The first-order chi connectivity index (χ1) is 17.1. The molecule has 0 radical (unpaired) electrons. The van der Waals surface area contributed by atoms with Crippen LogP contribution >= 0.6 is 0 Å². The van der Waals surface area contributed by atoms with E-state index in [1.807, 2.05) is 47.4 Å². The number of carbonyl (C=O) groups is 1. The van der Waals surface area contributed by atoms with Gasteiger partial charge >= 0.3 is 6.03 Å². The van der Waals surface area contributed by atoms with E-state index in [9.17, 15) is 9.18 Å². The monoisotopic (exact) mass is 471 g/mol. The highest BCUT2D eigenvalue weighted by molar-refractivity contribution is 5.89. The second-order valence-electron chi connectivity index (χ2n) is 9.96. The maximum Gasteiger partial charge on any atom is 0.322 e. The van der Waals surface area contributed by atoms with Crippen molar-refractivity contribution in [3.05, 3.63) is 101 Å². The molecule has 1 saturated heterocycles. The number of fused-ring (bicyclic) bond motifs is 1. The van der Waals surface area contributed by atoms with Crippen molar-refractivity contribution in [2.24, 2.45) is 5.92 Å². The lowest BCUT2D eigenvalue weighted by Gasteiger charge is -2.39. The van der Waals surface area contributed by atoms with E-state index in [1.54, 1.807) is 12.1 Å². The van der Waals surface area contributed by atoms with E-state index in [2.05, 4.69) is 34.5 Å². The van der Waals surface area contributed by atoms with Crippen LogP contribution in [0.1, 0.15) is 36.0 Å². The molecule has 2 aliphatic heterocycles. The number of carbonyl (C=O) groups excluding carboxylic acids is 1. The fraction of sp³-hybridized carbons (Fsp3) is 0.367. The quantitative estimate of drug-likeness (QED) is 0.469. The number of likely N-dealkylation sites (tertiary alicyclic amines) is 1. The molecular weight excluding hydrogens is 437 g/mol. The van der Waals surface area contributed by atoms with E-state index < -0.39 is 0 Å². The molecule has 1 atom stereocenters. The van der Waals surface area contributed by atoms with Gasteiger partial charge in [-0.2, -0.15) is 0 Å². The van der Waals surface area contributed by atoms with Gasteiger partial charge in [0, 0.05) is 24.8 Å². The molecule has 3 aromatic carbocycles. The van der Waals surface area contributed by atoms with Gasteiger partial charge in [0.05, 0.1) is 0 Å². The molecule has 2 amide bonds. The summed E-state index contributed by atoms with van der Waals surface area (Å²) < 4.78 is 13.2. The summed E-state index contributed by atoms with van der Waals surface area (Å²) in [5.41, 5.74) is 4.66. The molecule has 5 rings (SSSR count). The normalized spacial score (nSPS) is 18.8. The van der Waals surface area contributed by atoms with E-state index in [4.69, 9.17) is 0 Å². The number of rotatable bonds is 6. The Morgan fingerprint density at radius 1 is 0.886 bits per heavy atom. The van der Waals surface area contributed by atoms with Crippen LogP contribution in [0.4, 0.5) is 14.9 Å². The van der Waals surface area contributed by atoms with Crippen LogP contribution in [0.3, 0.4) is 0 Å². The van der Waals surface area contributed by atoms with Gasteiger partial charge in [-0.25, -0.2) is 9.18 Å². The summed E-state index contributed by atoms with van der Waals surface area (Å²) in [6.45, 7) is 3.83. The molecule has 0 aromatic heterocycles. The predicted molar refractivity (Wildman–Crippen MR) is 139 cm³/mol. The number of para-hydroxylation sites is 1. The molecule has 35 heavy (non-hydrogen) atoms. The van der Waals surface area contributed by atoms with Crippen molar-refractivity contribution in [2.75, 3.05) is 25.0 Å². The molecule has 3 aromatic rings. The topological polar surface area (TPSA) is 35.6 Å². The molecule has 2 aliphatic rings. The number of urea groups is 1. The lowest BCUT2D eigenvalue weighted by atomic mass is 9.89. The van der Waals surface area contributed by atoms with Gasteiger partial charge < -0.3 is 15.1 Å². The Bertz CT molecular complexity index is 1110. The molecule has 0 bridgehead atoms. The summed E-state index contributed by atoms with van der Waals surface area (Å²) in [5.74, 6) is 0.492. The Labute approximate surface area is 207 Å². The highest BCUT2D eigenvalue weighted by Gasteiger charge is 2.30. The molecule has 4 nitrogen and oxygen atoms in total. The van der Waals surface area contributed by atoms with E-state index in [-0.39, 0.29) is 17.9 Å². The summed E-state index contributed by atoms with van der Waals surface area (Å²) in [6, 6.07) is 25.3. The largest absolute Gasteiger partial charge is 0.322 e. The number of benzene rings is 3. The Kier molecular flexibility index (Phi) is 7.43. The number of anilines is 1. The summed E-state index contributed by atoms with van der Waals surface area (Å²) in [5, 5.41) is 3.09. The number of amides is 2. The molecule has 0 aliphatic carbocycles. The fourth-order valence-electron chi connectivity index (χ4n) is 5.50. The van der Waals surface area contributed by atoms with Crippen molar-refractivity contribution in [3.63, 3.8) is 0 Å². The Balaban J connectivity index is 1.17. The van der Waals surface area contributed by atoms with Gasteiger partial charge in [0.15, 0.2) is 0 Å². The van der Waals surface area contributed by atoms with Crippen LogP contribution in [-0.2, 0) is 19.4 Å². The third-order valence-corrected chi connectivity index (χ3v) is 7.56. The molecule has 0 spiro atoms. The number of halogens is 1. The minimum atomic E-state index is -0.166. The average molecular weight is 472 g/mol. The molecular formula is C30H34FN3O. The third-order valence-electron chi connectivity index (χ3n) is 7.56. The molecule has 182 valence electrons. The first-order valence-electron chi connectivity index (χ1n) is 12.8. The highest BCUT2D eigenvalue weighted by atomic mass is 19.1. The molecule has 5 heteroatoms. The zero-order valence-electron chi connectivity index (χ0n) is 20.2. The number of hydrogen-bond donors (Lipinski definition) is 1. The number of nitrogens with zero attached hydrogens (tertiary/aromatic N) is 2. The second kappa shape index (κ2) is 11.0. The summed E-state index contributed by atoms with van der Waals surface area (Å²) in [6.07, 6.45) is 5.24. The molecule has 0 saturated carbocycles. The zero-order valence-corrected chi connectivity index (χ0v) is 20.2. The van der Waals surface area contributed by atoms with Crippen LogP contribution in [-0.4, -0.2) is 41.5 Å². The van der Waals surface area contributed by atoms with Gasteiger partial charge in [-0.15, -0.1) is 0 Å². The lowest BCUT2D eigenvalue weighted by molar-refractivity contribution is 0.141. The van der Waals surface area contributed by atoms with Crippen molar-refractivity contribution < 1.29 is 9.18 Å². The smallest absolute Gasteiger partial charge is 0.317 e. The van der Waals surface area contributed by atoms with Crippen LogP contribution in [0.5, 0.6) is 0 Å². The standard InChI is InChI=1S/C30H34FN3O/c31-27-12-10-23(11-13-27)20-24-14-17-33(18-15-24)19-16-29-21-25-6-4-5-7-26(25)22-34(29)30(35)32-28-8-2-1-3-9-28/h1-13,24,29H,14-22H2,(H,32,35). The minimum Gasteiger partial charge on any atom is -0.317 e. The van der Waals surface area contributed by atoms with E-state index in [0.29, 0.717) is 12.5 Å². The van der Waals surface area contributed by atoms with Crippen molar-refractivity contribution in [1.29, 1.82) is 0 Å². The molecule has 1 unspecified atom stereocenters. The van der Waals surface area contributed by atoms with Gasteiger partial charge in [-0.3, -0.25) is 0 Å². The predicted octanol–water partition coefficient (Wildman–Crippen LogP) is 6.13. The van der Waals surface area contributed by atoms with E-state index in [0.717, 1.165) is 44.6 Å². The third kappa shape index (κ3) is 6.09. The highest BCUT2D eigenvalue weighted by Crippen LogP contribution is 2.27. The number of piperidine rings is 1. The SMILES string of the molecule is O=C(Nc1ccccc1)N1Cc2ccccc2CC1CCN1CCC(Cc2ccc(F)cc2)CC1. The van der Waals surface area contributed by atoms with Crippen LogP contribution < -0.4 is 5.32 Å². The van der Waals surface area contributed by atoms with Gasteiger partial charge in [-0.05, 0) is 92.1 Å².